The average Bonchev–Trinajstić information content (AvgIpc) is 2.59. The van der Waals surface area contributed by atoms with Crippen LogP contribution in [0, 0.1) is 17.3 Å². The Morgan fingerprint density at radius 3 is 2.33 bits per heavy atom. The van der Waals surface area contributed by atoms with Crippen molar-refractivity contribution in [3.05, 3.63) is 0 Å². The molecule has 1 rings (SSSR count). The highest BCUT2D eigenvalue weighted by molar-refractivity contribution is 4.99. The summed E-state index contributed by atoms with van der Waals surface area (Å²) in [5.41, 5.74) is 0.423. The van der Waals surface area contributed by atoms with Crippen molar-refractivity contribution >= 4 is 0 Å². The molecule has 0 aromatic carbocycles. The van der Waals surface area contributed by atoms with E-state index in [1.807, 2.05) is 0 Å². The van der Waals surface area contributed by atoms with Gasteiger partial charge in [-0.05, 0) is 30.1 Å². The van der Waals surface area contributed by atoms with Crippen molar-refractivity contribution in [3.63, 3.8) is 0 Å². The largest absolute Gasteiger partial charge is 0.393 e. The minimum atomic E-state index is -0.0463. The van der Waals surface area contributed by atoms with Gasteiger partial charge in [0.2, 0.25) is 0 Å². The van der Waals surface area contributed by atoms with Gasteiger partial charge in [-0.3, -0.25) is 0 Å². The summed E-state index contributed by atoms with van der Waals surface area (Å²) in [6, 6.07) is 0. The highest BCUT2D eigenvalue weighted by Crippen LogP contribution is 2.54. The lowest BCUT2D eigenvalue weighted by molar-refractivity contribution is 0.110. The van der Waals surface area contributed by atoms with Gasteiger partial charge in [0.05, 0.1) is 6.10 Å². The first-order valence-electron chi connectivity index (χ1n) is 5.15. The lowest BCUT2D eigenvalue weighted by Gasteiger charge is -2.16. The van der Waals surface area contributed by atoms with Crippen LogP contribution in [0.3, 0.4) is 0 Å². The zero-order chi connectivity index (χ0) is 9.35. The van der Waals surface area contributed by atoms with E-state index in [4.69, 9.17) is 0 Å². The van der Waals surface area contributed by atoms with Gasteiger partial charge < -0.3 is 5.11 Å². The standard InChI is InChI=1S/C11H22O/c1-5-8(2)6-10(12)9-7-11(9,3)4/h8-10,12H,5-7H2,1-4H3. The van der Waals surface area contributed by atoms with E-state index in [0.717, 1.165) is 6.42 Å². The highest BCUT2D eigenvalue weighted by atomic mass is 16.3. The predicted molar refractivity (Wildman–Crippen MR) is 52.0 cm³/mol. The minimum absolute atomic E-state index is 0.0463. The molecule has 1 N–H and O–H groups in total. The van der Waals surface area contributed by atoms with Crippen LogP contribution in [0.2, 0.25) is 0 Å². The molecular weight excluding hydrogens is 148 g/mol. The Hall–Kier alpha value is -0.0400. The van der Waals surface area contributed by atoms with Gasteiger partial charge in [-0.15, -0.1) is 0 Å². The molecule has 3 unspecified atom stereocenters. The van der Waals surface area contributed by atoms with Crippen molar-refractivity contribution in [3.8, 4) is 0 Å². The first-order valence-corrected chi connectivity index (χ1v) is 5.15. The normalized spacial score (nSPS) is 31.2. The second-order valence-corrected chi connectivity index (χ2v) is 5.12. The van der Waals surface area contributed by atoms with E-state index >= 15 is 0 Å². The summed E-state index contributed by atoms with van der Waals surface area (Å²) in [7, 11) is 0. The molecule has 12 heavy (non-hydrogen) atoms. The van der Waals surface area contributed by atoms with Gasteiger partial charge in [0, 0.05) is 0 Å². The number of aliphatic hydroxyl groups is 1. The summed E-state index contributed by atoms with van der Waals surface area (Å²) in [5.74, 6) is 1.25. The van der Waals surface area contributed by atoms with Crippen LogP contribution in [0.25, 0.3) is 0 Å². The van der Waals surface area contributed by atoms with Gasteiger partial charge in [-0.25, -0.2) is 0 Å². The van der Waals surface area contributed by atoms with Gasteiger partial charge in [-0.1, -0.05) is 34.1 Å². The molecule has 1 heteroatoms. The van der Waals surface area contributed by atoms with Gasteiger partial charge in [-0.2, -0.15) is 0 Å². The minimum Gasteiger partial charge on any atom is -0.393 e. The van der Waals surface area contributed by atoms with Crippen LogP contribution in [0.5, 0.6) is 0 Å². The lowest BCUT2D eigenvalue weighted by atomic mass is 9.95. The number of aliphatic hydroxyl groups excluding tert-OH is 1. The van der Waals surface area contributed by atoms with Gasteiger partial charge in [0.25, 0.3) is 0 Å². The summed E-state index contributed by atoms with van der Waals surface area (Å²) in [6.45, 7) is 8.91. The quantitative estimate of drug-likeness (QED) is 0.688. The van der Waals surface area contributed by atoms with Gasteiger partial charge in [0.1, 0.15) is 0 Å². The summed E-state index contributed by atoms with van der Waals surface area (Å²) >= 11 is 0. The topological polar surface area (TPSA) is 20.2 Å². The zero-order valence-electron chi connectivity index (χ0n) is 8.80. The van der Waals surface area contributed by atoms with Crippen LogP contribution >= 0.6 is 0 Å². The van der Waals surface area contributed by atoms with Crippen molar-refractivity contribution in [1.29, 1.82) is 0 Å². The zero-order valence-corrected chi connectivity index (χ0v) is 8.80. The molecule has 0 aromatic rings. The van der Waals surface area contributed by atoms with Crippen molar-refractivity contribution in [2.45, 2.75) is 53.1 Å². The van der Waals surface area contributed by atoms with Crippen LogP contribution < -0.4 is 0 Å². The Morgan fingerprint density at radius 2 is 2.00 bits per heavy atom. The fourth-order valence-corrected chi connectivity index (χ4v) is 1.91. The van der Waals surface area contributed by atoms with Gasteiger partial charge in [0.15, 0.2) is 0 Å². The van der Waals surface area contributed by atoms with Gasteiger partial charge >= 0.3 is 0 Å². The maximum absolute atomic E-state index is 9.83. The Balaban J connectivity index is 2.26. The van der Waals surface area contributed by atoms with E-state index in [2.05, 4.69) is 27.7 Å². The molecule has 1 aliphatic rings. The molecular formula is C11H22O. The summed E-state index contributed by atoms with van der Waals surface area (Å²) in [5, 5.41) is 9.83. The summed E-state index contributed by atoms with van der Waals surface area (Å²) in [4.78, 5) is 0. The molecule has 3 atom stereocenters. The average molecular weight is 170 g/mol. The van der Waals surface area contributed by atoms with E-state index in [9.17, 15) is 5.11 Å². The molecule has 1 fully saturated rings. The molecule has 0 aromatic heterocycles. The van der Waals surface area contributed by atoms with Crippen molar-refractivity contribution < 1.29 is 5.11 Å². The smallest absolute Gasteiger partial charge is 0.0576 e. The third-order valence-corrected chi connectivity index (χ3v) is 3.39. The number of rotatable bonds is 4. The van der Waals surface area contributed by atoms with Crippen LogP contribution in [0.1, 0.15) is 47.0 Å². The van der Waals surface area contributed by atoms with Crippen LogP contribution in [-0.4, -0.2) is 11.2 Å². The Kier molecular flexibility index (Phi) is 2.82. The Labute approximate surface area is 76.2 Å². The first-order chi connectivity index (χ1) is 5.47. The predicted octanol–water partition coefficient (Wildman–Crippen LogP) is 2.83. The first kappa shape index (κ1) is 10.0. The molecule has 72 valence electrons. The SMILES string of the molecule is CCC(C)CC(O)C1CC1(C)C. The molecule has 0 radical (unpaired) electrons. The maximum atomic E-state index is 9.83. The lowest BCUT2D eigenvalue weighted by Crippen LogP contribution is -2.16. The molecule has 0 amide bonds. The summed E-state index contributed by atoms with van der Waals surface area (Å²) < 4.78 is 0. The van der Waals surface area contributed by atoms with Crippen molar-refractivity contribution in [2.24, 2.45) is 17.3 Å². The molecule has 1 saturated carbocycles. The molecule has 0 aliphatic heterocycles. The maximum Gasteiger partial charge on any atom is 0.0576 e. The monoisotopic (exact) mass is 170 g/mol. The van der Waals surface area contributed by atoms with E-state index < -0.39 is 0 Å². The second kappa shape index (κ2) is 3.37. The van der Waals surface area contributed by atoms with Crippen LogP contribution in [0.15, 0.2) is 0 Å². The fraction of sp³-hybridized carbons (Fsp3) is 1.00. The molecule has 0 spiro atoms. The van der Waals surface area contributed by atoms with Crippen molar-refractivity contribution in [1.82, 2.24) is 0 Å². The summed E-state index contributed by atoms with van der Waals surface area (Å²) in [6.07, 6.45) is 3.34. The Morgan fingerprint density at radius 1 is 1.50 bits per heavy atom. The second-order valence-electron chi connectivity index (χ2n) is 5.12. The van der Waals surface area contributed by atoms with Crippen molar-refractivity contribution in [2.75, 3.05) is 0 Å². The van der Waals surface area contributed by atoms with E-state index in [0.29, 0.717) is 17.3 Å². The number of hydrogen-bond acceptors (Lipinski definition) is 1. The van der Waals surface area contributed by atoms with Crippen LogP contribution in [-0.2, 0) is 0 Å². The van der Waals surface area contributed by atoms with E-state index in [1.165, 1.54) is 12.8 Å². The molecule has 0 bridgehead atoms. The van der Waals surface area contributed by atoms with E-state index in [1.54, 1.807) is 0 Å². The molecule has 1 aliphatic carbocycles. The highest BCUT2D eigenvalue weighted by Gasteiger charge is 2.49. The van der Waals surface area contributed by atoms with Crippen LogP contribution in [0.4, 0.5) is 0 Å². The Bertz CT molecular complexity index is 151. The number of hydrogen-bond donors (Lipinski definition) is 1. The molecule has 1 nitrogen and oxygen atoms in total. The third-order valence-electron chi connectivity index (χ3n) is 3.39. The van der Waals surface area contributed by atoms with E-state index in [-0.39, 0.29) is 6.10 Å². The third kappa shape index (κ3) is 2.22. The fourth-order valence-electron chi connectivity index (χ4n) is 1.91. The molecule has 0 saturated heterocycles. The molecule has 0 heterocycles.